The zero-order valence-corrected chi connectivity index (χ0v) is 15.7. The van der Waals surface area contributed by atoms with E-state index >= 15 is 0 Å². The number of hydrogen-bond acceptors (Lipinski definition) is 4. The van der Waals surface area contributed by atoms with Gasteiger partial charge in [-0.15, -0.1) is 11.3 Å². The quantitative estimate of drug-likeness (QED) is 0.556. The maximum Gasteiger partial charge on any atom is 0.247 e. The average molecular weight is 377 g/mol. The lowest BCUT2D eigenvalue weighted by molar-refractivity contribution is -0.116. The van der Waals surface area contributed by atoms with E-state index < -0.39 is 0 Å². The molecule has 0 bridgehead atoms. The van der Waals surface area contributed by atoms with E-state index in [0.717, 1.165) is 11.1 Å². The third-order valence-corrected chi connectivity index (χ3v) is 5.22. The Morgan fingerprint density at radius 1 is 1.15 bits per heavy atom. The fourth-order valence-corrected chi connectivity index (χ4v) is 3.76. The van der Waals surface area contributed by atoms with Crippen molar-refractivity contribution in [1.29, 1.82) is 0 Å². The minimum atomic E-state index is -0.155. The number of aryl methyl sites for hydroxylation is 1. The Morgan fingerprint density at radius 3 is 2.78 bits per heavy atom. The molecule has 0 aliphatic carbocycles. The first-order valence-corrected chi connectivity index (χ1v) is 9.49. The number of hydrogen-bond donors (Lipinski definition) is 1. The lowest BCUT2D eigenvalue weighted by Crippen LogP contribution is -2.19. The van der Waals surface area contributed by atoms with Crippen LogP contribution >= 0.6 is 11.3 Å². The number of aromatic nitrogens is 4. The summed E-state index contributed by atoms with van der Waals surface area (Å²) < 4.78 is 3.45. The highest BCUT2D eigenvalue weighted by Gasteiger charge is 2.10. The normalized spacial score (nSPS) is 10.9. The van der Waals surface area contributed by atoms with E-state index in [2.05, 4.69) is 33.9 Å². The first-order valence-electron chi connectivity index (χ1n) is 8.61. The molecule has 3 aromatic heterocycles. The Bertz CT molecular complexity index is 1050. The van der Waals surface area contributed by atoms with E-state index in [1.807, 2.05) is 42.7 Å². The predicted octanol–water partition coefficient (Wildman–Crippen LogP) is 3.80. The van der Waals surface area contributed by atoms with E-state index in [9.17, 15) is 4.79 Å². The van der Waals surface area contributed by atoms with E-state index in [1.54, 1.807) is 33.0 Å². The molecule has 0 aliphatic heterocycles. The van der Waals surface area contributed by atoms with Crippen molar-refractivity contribution in [1.82, 2.24) is 19.6 Å². The SMILES string of the molecule is Cc1ccsc1-c1cnn(CC(=O)Nc2ccn(Cc3ccccc3)n2)c1. The zero-order valence-electron chi connectivity index (χ0n) is 14.9. The molecule has 27 heavy (non-hydrogen) atoms. The van der Waals surface area contributed by atoms with Gasteiger partial charge in [-0.3, -0.25) is 14.2 Å². The van der Waals surface area contributed by atoms with E-state index in [0.29, 0.717) is 12.4 Å². The van der Waals surface area contributed by atoms with Gasteiger partial charge in [-0.25, -0.2) is 0 Å². The van der Waals surface area contributed by atoms with Gasteiger partial charge in [-0.1, -0.05) is 30.3 Å². The molecule has 7 heteroatoms. The van der Waals surface area contributed by atoms with E-state index in [4.69, 9.17) is 0 Å². The van der Waals surface area contributed by atoms with Crippen molar-refractivity contribution in [2.24, 2.45) is 0 Å². The summed E-state index contributed by atoms with van der Waals surface area (Å²) in [5.41, 5.74) is 3.40. The van der Waals surface area contributed by atoms with Gasteiger partial charge < -0.3 is 5.32 Å². The summed E-state index contributed by atoms with van der Waals surface area (Å²) in [6, 6.07) is 13.9. The van der Waals surface area contributed by atoms with Gasteiger partial charge in [0.25, 0.3) is 0 Å². The predicted molar refractivity (Wildman–Crippen MR) is 107 cm³/mol. The van der Waals surface area contributed by atoms with E-state index in [1.165, 1.54) is 10.4 Å². The highest BCUT2D eigenvalue weighted by molar-refractivity contribution is 7.13. The van der Waals surface area contributed by atoms with Crippen LogP contribution in [0.3, 0.4) is 0 Å². The van der Waals surface area contributed by atoms with Crippen LogP contribution in [0.4, 0.5) is 5.82 Å². The lowest BCUT2D eigenvalue weighted by Gasteiger charge is -2.03. The number of carbonyl (C=O) groups is 1. The van der Waals surface area contributed by atoms with Crippen molar-refractivity contribution in [3.05, 3.63) is 77.6 Å². The van der Waals surface area contributed by atoms with Crippen LogP contribution in [-0.2, 0) is 17.9 Å². The molecule has 0 unspecified atom stereocenters. The minimum Gasteiger partial charge on any atom is -0.308 e. The summed E-state index contributed by atoms with van der Waals surface area (Å²) in [6.45, 7) is 2.89. The topological polar surface area (TPSA) is 64.7 Å². The summed E-state index contributed by atoms with van der Waals surface area (Å²) in [5, 5.41) is 13.6. The molecule has 0 atom stereocenters. The first kappa shape index (κ1) is 17.2. The van der Waals surface area contributed by atoms with Crippen molar-refractivity contribution in [3.63, 3.8) is 0 Å². The highest BCUT2D eigenvalue weighted by atomic mass is 32.1. The van der Waals surface area contributed by atoms with Crippen LogP contribution in [0.1, 0.15) is 11.1 Å². The molecule has 1 amide bonds. The fourth-order valence-electron chi connectivity index (χ4n) is 2.85. The highest BCUT2D eigenvalue weighted by Crippen LogP contribution is 2.28. The molecule has 0 radical (unpaired) electrons. The maximum atomic E-state index is 12.3. The Hall–Kier alpha value is -3.19. The standard InChI is InChI=1S/C20H19N5OS/c1-15-8-10-27-20(15)17-11-21-25(13-17)14-19(26)22-18-7-9-24(23-18)12-16-5-3-2-4-6-16/h2-11,13H,12,14H2,1H3,(H,22,23,26). The van der Waals surface area contributed by atoms with Crippen molar-refractivity contribution >= 4 is 23.1 Å². The second kappa shape index (κ2) is 7.59. The summed E-state index contributed by atoms with van der Waals surface area (Å²) in [6.07, 6.45) is 5.54. The van der Waals surface area contributed by atoms with Gasteiger partial charge >= 0.3 is 0 Å². The average Bonchev–Trinajstić information content (AvgIpc) is 3.38. The molecule has 0 aliphatic rings. The summed E-state index contributed by atoms with van der Waals surface area (Å²) in [7, 11) is 0. The molecule has 1 aromatic carbocycles. The molecular weight excluding hydrogens is 358 g/mol. The smallest absolute Gasteiger partial charge is 0.247 e. The molecule has 0 saturated carbocycles. The van der Waals surface area contributed by atoms with Gasteiger partial charge in [0.05, 0.1) is 12.7 Å². The van der Waals surface area contributed by atoms with E-state index in [-0.39, 0.29) is 12.5 Å². The Labute approximate surface area is 161 Å². The number of rotatable bonds is 6. The molecule has 6 nitrogen and oxygen atoms in total. The van der Waals surface area contributed by atoms with Crippen LogP contribution in [-0.4, -0.2) is 25.5 Å². The number of thiophene rings is 1. The second-order valence-electron chi connectivity index (χ2n) is 6.29. The molecule has 0 saturated heterocycles. The van der Waals surface area contributed by atoms with Gasteiger partial charge in [0, 0.05) is 28.9 Å². The Kier molecular flexibility index (Phi) is 4.84. The minimum absolute atomic E-state index is 0.149. The summed E-state index contributed by atoms with van der Waals surface area (Å²) in [4.78, 5) is 13.5. The van der Waals surface area contributed by atoms with Crippen molar-refractivity contribution in [2.75, 3.05) is 5.32 Å². The molecule has 136 valence electrons. The molecule has 0 fully saturated rings. The van der Waals surface area contributed by atoms with Crippen LogP contribution in [0.25, 0.3) is 10.4 Å². The number of anilines is 1. The van der Waals surface area contributed by atoms with Crippen molar-refractivity contribution in [2.45, 2.75) is 20.0 Å². The molecule has 1 N–H and O–H groups in total. The molecule has 4 aromatic rings. The number of benzene rings is 1. The second-order valence-corrected chi connectivity index (χ2v) is 7.21. The Morgan fingerprint density at radius 2 is 2.00 bits per heavy atom. The molecule has 3 heterocycles. The van der Waals surface area contributed by atoms with Crippen LogP contribution in [0.15, 0.2) is 66.4 Å². The van der Waals surface area contributed by atoms with Gasteiger partial charge in [0.15, 0.2) is 5.82 Å². The molecule has 4 rings (SSSR count). The molecule has 0 spiro atoms. The number of nitrogens with one attached hydrogen (secondary N) is 1. The maximum absolute atomic E-state index is 12.3. The van der Waals surface area contributed by atoms with Crippen molar-refractivity contribution < 1.29 is 4.79 Å². The summed E-state index contributed by atoms with van der Waals surface area (Å²) in [5.74, 6) is 0.384. The largest absolute Gasteiger partial charge is 0.308 e. The van der Waals surface area contributed by atoms with Crippen LogP contribution in [0, 0.1) is 6.92 Å². The zero-order chi connectivity index (χ0) is 18.6. The third kappa shape index (κ3) is 4.15. The van der Waals surface area contributed by atoms with Gasteiger partial charge in [0.2, 0.25) is 5.91 Å². The van der Waals surface area contributed by atoms with Crippen molar-refractivity contribution in [3.8, 4) is 10.4 Å². The first-order chi connectivity index (χ1) is 13.2. The monoisotopic (exact) mass is 377 g/mol. The Balaban J connectivity index is 1.36. The van der Waals surface area contributed by atoms with Gasteiger partial charge in [-0.2, -0.15) is 10.2 Å². The number of nitrogens with zero attached hydrogens (tertiary/aromatic N) is 4. The van der Waals surface area contributed by atoms with Crippen LogP contribution < -0.4 is 5.32 Å². The third-order valence-electron chi connectivity index (χ3n) is 4.16. The van der Waals surface area contributed by atoms with Gasteiger partial charge in [0.1, 0.15) is 6.54 Å². The number of carbonyl (C=O) groups excluding carboxylic acids is 1. The van der Waals surface area contributed by atoms with Gasteiger partial charge in [-0.05, 0) is 29.5 Å². The summed E-state index contributed by atoms with van der Waals surface area (Å²) >= 11 is 1.67. The van der Waals surface area contributed by atoms with Crippen LogP contribution in [0.5, 0.6) is 0 Å². The number of amides is 1. The van der Waals surface area contributed by atoms with Crippen LogP contribution in [0.2, 0.25) is 0 Å². The molecular formula is C20H19N5OS. The lowest BCUT2D eigenvalue weighted by atomic mass is 10.2. The fraction of sp³-hybridized carbons (Fsp3) is 0.150.